The molecule has 0 N–H and O–H groups in total. The quantitative estimate of drug-likeness (QED) is 0.524. The van der Waals surface area contributed by atoms with Crippen molar-refractivity contribution in [2.24, 2.45) is 17.8 Å². The first-order valence-corrected chi connectivity index (χ1v) is 5.60. The topological polar surface area (TPSA) is 0 Å². The molecule has 0 aromatic heterocycles. The molecular formula is C13H26. The molecule has 0 fully saturated rings. The third kappa shape index (κ3) is 5.90. The standard InChI is InChI=1S/C13H26/c1-10(2)8-7-9-12(5)13(6)11(3)4/h10,12-13H,3,7-9H2,1-2,4-6H3. The van der Waals surface area contributed by atoms with Crippen LogP contribution in [0.25, 0.3) is 0 Å². The van der Waals surface area contributed by atoms with Gasteiger partial charge < -0.3 is 0 Å². The van der Waals surface area contributed by atoms with Gasteiger partial charge in [0.25, 0.3) is 0 Å². The van der Waals surface area contributed by atoms with Crippen LogP contribution in [-0.2, 0) is 0 Å². The van der Waals surface area contributed by atoms with Gasteiger partial charge in [0, 0.05) is 0 Å². The van der Waals surface area contributed by atoms with E-state index in [1.807, 2.05) is 0 Å². The summed E-state index contributed by atoms with van der Waals surface area (Å²) in [6.07, 6.45) is 4.09. The second-order valence-electron chi connectivity index (χ2n) is 4.94. The van der Waals surface area contributed by atoms with Crippen molar-refractivity contribution in [1.29, 1.82) is 0 Å². The van der Waals surface area contributed by atoms with Crippen molar-refractivity contribution in [3.05, 3.63) is 12.2 Å². The molecule has 0 bridgehead atoms. The molecule has 2 atom stereocenters. The Bertz CT molecular complexity index is 144. The zero-order valence-electron chi connectivity index (χ0n) is 10.1. The monoisotopic (exact) mass is 182 g/mol. The molecule has 0 amide bonds. The van der Waals surface area contributed by atoms with E-state index >= 15 is 0 Å². The molecule has 0 aromatic rings. The maximum Gasteiger partial charge on any atom is -0.0211 e. The van der Waals surface area contributed by atoms with Crippen LogP contribution in [-0.4, -0.2) is 0 Å². The zero-order chi connectivity index (χ0) is 10.4. The minimum absolute atomic E-state index is 0.687. The van der Waals surface area contributed by atoms with Gasteiger partial charge in [-0.2, -0.15) is 0 Å². The summed E-state index contributed by atoms with van der Waals surface area (Å²) < 4.78 is 0. The molecule has 0 heterocycles. The van der Waals surface area contributed by atoms with E-state index in [-0.39, 0.29) is 0 Å². The summed E-state index contributed by atoms with van der Waals surface area (Å²) in [5.41, 5.74) is 1.33. The Hall–Kier alpha value is -0.260. The van der Waals surface area contributed by atoms with Gasteiger partial charge in [-0.3, -0.25) is 0 Å². The summed E-state index contributed by atoms with van der Waals surface area (Å²) in [4.78, 5) is 0. The SMILES string of the molecule is C=C(C)C(C)C(C)CCCC(C)C. The van der Waals surface area contributed by atoms with E-state index in [0.29, 0.717) is 5.92 Å². The minimum Gasteiger partial charge on any atom is -0.0999 e. The molecule has 0 rings (SSSR count). The molecule has 0 aromatic carbocycles. The first-order valence-electron chi connectivity index (χ1n) is 5.60. The molecular weight excluding hydrogens is 156 g/mol. The highest BCUT2D eigenvalue weighted by atomic mass is 14.2. The average Bonchev–Trinajstić information content (AvgIpc) is 2.02. The minimum atomic E-state index is 0.687. The van der Waals surface area contributed by atoms with Crippen molar-refractivity contribution in [3.63, 3.8) is 0 Å². The number of hydrogen-bond acceptors (Lipinski definition) is 0. The molecule has 0 radical (unpaired) electrons. The van der Waals surface area contributed by atoms with Crippen molar-refractivity contribution in [2.45, 2.75) is 53.9 Å². The Kier molecular flexibility index (Phi) is 6.11. The lowest BCUT2D eigenvalue weighted by Gasteiger charge is -2.20. The van der Waals surface area contributed by atoms with Crippen LogP contribution < -0.4 is 0 Å². The molecule has 13 heavy (non-hydrogen) atoms. The zero-order valence-corrected chi connectivity index (χ0v) is 10.1. The van der Waals surface area contributed by atoms with Crippen LogP contribution in [0.1, 0.15) is 53.9 Å². The van der Waals surface area contributed by atoms with E-state index in [9.17, 15) is 0 Å². The van der Waals surface area contributed by atoms with Crippen LogP contribution in [0.2, 0.25) is 0 Å². The van der Waals surface area contributed by atoms with Crippen LogP contribution in [0.5, 0.6) is 0 Å². The molecule has 0 heteroatoms. The molecule has 0 aliphatic carbocycles. The molecule has 0 saturated heterocycles. The third-order valence-electron chi connectivity index (χ3n) is 3.07. The summed E-state index contributed by atoms with van der Waals surface area (Å²) in [6, 6.07) is 0. The molecule has 0 spiro atoms. The van der Waals surface area contributed by atoms with Crippen LogP contribution in [0, 0.1) is 17.8 Å². The fraction of sp³-hybridized carbons (Fsp3) is 0.846. The first kappa shape index (κ1) is 12.7. The van der Waals surface area contributed by atoms with E-state index in [1.54, 1.807) is 0 Å². The smallest absolute Gasteiger partial charge is 0.0211 e. The van der Waals surface area contributed by atoms with Gasteiger partial charge in [-0.15, -0.1) is 0 Å². The Balaban J connectivity index is 3.61. The summed E-state index contributed by atoms with van der Waals surface area (Å²) in [5.74, 6) is 2.34. The van der Waals surface area contributed by atoms with Gasteiger partial charge >= 0.3 is 0 Å². The molecule has 78 valence electrons. The van der Waals surface area contributed by atoms with Crippen LogP contribution in [0.3, 0.4) is 0 Å². The van der Waals surface area contributed by atoms with E-state index in [1.165, 1.54) is 24.8 Å². The number of allylic oxidation sites excluding steroid dienone is 1. The number of hydrogen-bond donors (Lipinski definition) is 0. The maximum atomic E-state index is 4.02. The van der Waals surface area contributed by atoms with Gasteiger partial charge in [0.1, 0.15) is 0 Å². The third-order valence-corrected chi connectivity index (χ3v) is 3.07. The van der Waals surface area contributed by atoms with Gasteiger partial charge in [0.15, 0.2) is 0 Å². The average molecular weight is 182 g/mol. The molecule has 0 saturated carbocycles. The van der Waals surface area contributed by atoms with Crippen LogP contribution >= 0.6 is 0 Å². The van der Waals surface area contributed by atoms with Crippen molar-refractivity contribution in [2.75, 3.05) is 0 Å². The molecule has 0 aliphatic heterocycles. The Morgan fingerprint density at radius 1 is 1.08 bits per heavy atom. The normalized spacial score (nSPS) is 15.8. The predicted octanol–water partition coefficient (Wildman–Crippen LogP) is 4.66. The van der Waals surface area contributed by atoms with E-state index in [2.05, 4.69) is 41.2 Å². The van der Waals surface area contributed by atoms with Crippen LogP contribution in [0.4, 0.5) is 0 Å². The molecule has 0 nitrogen and oxygen atoms in total. The second-order valence-corrected chi connectivity index (χ2v) is 4.94. The highest BCUT2D eigenvalue weighted by Gasteiger charge is 2.12. The van der Waals surface area contributed by atoms with Gasteiger partial charge in [-0.05, 0) is 24.7 Å². The molecule has 0 aliphatic rings. The van der Waals surface area contributed by atoms with Crippen molar-refractivity contribution < 1.29 is 0 Å². The lowest BCUT2D eigenvalue weighted by molar-refractivity contribution is 0.381. The number of rotatable bonds is 6. The van der Waals surface area contributed by atoms with E-state index < -0.39 is 0 Å². The molecule has 2 unspecified atom stereocenters. The van der Waals surface area contributed by atoms with E-state index in [4.69, 9.17) is 0 Å². The van der Waals surface area contributed by atoms with Gasteiger partial charge in [0.05, 0.1) is 0 Å². The highest BCUT2D eigenvalue weighted by molar-refractivity contribution is 4.95. The van der Waals surface area contributed by atoms with Crippen molar-refractivity contribution >= 4 is 0 Å². The fourth-order valence-corrected chi connectivity index (χ4v) is 1.58. The summed E-state index contributed by atoms with van der Waals surface area (Å²) in [6.45, 7) is 15.4. The van der Waals surface area contributed by atoms with Gasteiger partial charge in [-0.1, -0.05) is 59.1 Å². The predicted molar refractivity (Wildman–Crippen MR) is 61.8 cm³/mol. The van der Waals surface area contributed by atoms with Crippen molar-refractivity contribution in [3.8, 4) is 0 Å². The lowest BCUT2D eigenvalue weighted by Crippen LogP contribution is -2.08. The highest BCUT2D eigenvalue weighted by Crippen LogP contribution is 2.24. The van der Waals surface area contributed by atoms with Crippen LogP contribution in [0.15, 0.2) is 12.2 Å². The summed E-state index contributed by atoms with van der Waals surface area (Å²) in [5, 5.41) is 0. The summed E-state index contributed by atoms with van der Waals surface area (Å²) in [7, 11) is 0. The second kappa shape index (κ2) is 6.23. The van der Waals surface area contributed by atoms with E-state index in [0.717, 1.165) is 11.8 Å². The fourth-order valence-electron chi connectivity index (χ4n) is 1.58. The summed E-state index contributed by atoms with van der Waals surface area (Å²) >= 11 is 0. The largest absolute Gasteiger partial charge is 0.0999 e. The van der Waals surface area contributed by atoms with Crippen molar-refractivity contribution in [1.82, 2.24) is 0 Å². The van der Waals surface area contributed by atoms with Gasteiger partial charge in [0.2, 0.25) is 0 Å². The Labute approximate surface area is 84.4 Å². The maximum absolute atomic E-state index is 4.02. The lowest BCUT2D eigenvalue weighted by atomic mass is 9.86. The Morgan fingerprint density at radius 2 is 1.62 bits per heavy atom. The Morgan fingerprint density at radius 3 is 2.00 bits per heavy atom. The first-order chi connectivity index (χ1) is 5.95. The van der Waals surface area contributed by atoms with Gasteiger partial charge in [-0.25, -0.2) is 0 Å².